The van der Waals surface area contributed by atoms with Gasteiger partial charge in [-0.25, -0.2) is 0 Å². The van der Waals surface area contributed by atoms with Crippen LogP contribution < -0.4 is 20.5 Å². The Morgan fingerprint density at radius 3 is 2.61 bits per heavy atom. The minimum Gasteiger partial charge on any atom is -0.493 e. The summed E-state index contributed by atoms with van der Waals surface area (Å²) in [6, 6.07) is 5.26. The van der Waals surface area contributed by atoms with E-state index in [1.54, 1.807) is 25.3 Å². The lowest BCUT2D eigenvalue weighted by molar-refractivity contribution is 0.0897. The summed E-state index contributed by atoms with van der Waals surface area (Å²) in [6.07, 6.45) is 2.25. The van der Waals surface area contributed by atoms with Crippen molar-refractivity contribution in [2.45, 2.75) is 39.2 Å². The molecule has 0 aliphatic heterocycles. The Labute approximate surface area is 138 Å². The molecule has 1 aromatic rings. The van der Waals surface area contributed by atoms with Gasteiger partial charge in [0.1, 0.15) is 0 Å². The highest BCUT2D eigenvalue weighted by Crippen LogP contribution is 2.39. The van der Waals surface area contributed by atoms with Crippen molar-refractivity contribution in [3.05, 3.63) is 23.8 Å². The number of rotatable bonds is 8. The zero-order valence-corrected chi connectivity index (χ0v) is 14.5. The minimum absolute atomic E-state index is 0.126. The number of hydrogen-bond acceptors (Lipinski definition) is 4. The summed E-state index contributed by atoms with van der Waals surface area (Å²) in [4.78, 5) is 12.5. The molecule has 23 heavy (non-hydrogen) atoms. The number of benzene rings is 1. The molecular formula is C18H28N2O3. The monoisotopic (exact) mass is 320 g/mol. The van der Waals surface area contributed by atoms with Crippen molar-refractivity contribution in [2.75, 3.05) is 20.3 Å². The number of nitrogens with two attached hydrogens (primary N) is 1. The highest BCUT2D eigenvalue weighted by atomic mass is 16.5. The SMILES string of the molecule is COc1cc(C(=O)NC(C)(CN)C2CC2)ccc1OCC(C)C. The van der Waals surface area contributed by atoms with E-state index in [0.717, 1.165) is 12.8 Å². The van der Waals surface area contributed by atoms with Crippen LogP contribution in [0.5, 0.6) is 11.5 Å². The Hall–Kier alpha value is -1.75. The summed E-state index contributed by atoms with van der Waals surface area (Å²) in [5.74, 6) is 2.00. The number of ether oxygens (including phenoxy) is 2. The van der Waals surface area contributed by atoms with Crippen LogP contribution in [0.3, 0.4) is 0 Å². The molecule has 128 valence electrons. The maximum Gasteiger partial charge on any atom is 0.251 e. The number of carbonyl (C=O) groups is 1. The molecule has 1 atom stereocenters. The Morgan fingerprint density at radius 1 is 1.39 bits per heavy atom. The third-order valence-corrected chi connectivity index (χ3v) is 4.30. The molecule has 1 aliphatic rings. The van der Waals surface area contributed by atoms with Gasteiger partial charge < -0.3 is 20.5 Å². The first-order valence-electron chi connectivity index (χ1n) is 8.23. The molecule has 1 saturated carbocycles. The zero-order chi connectivity index (χ0) is 17.0. The van der Waals surface area contributed by atoms with E-state index in [2.05, 4.69) is 19.2 Å². The Kier molecular flexibility index (Phi) is 5.52. The number of amides is 1. The van der Waals surface area contributed by atoms with Crippen LogP contribution >= 0.6 is 0 Å². The largest absolute Gasteiger partial charge is 0.493 e. The van der Waals surface area contributed by atoms with Crippen LogP contribution in [0.25, 0.3) is 0 Å². The average Bonchev–Trinajstić information content (AvgIpc) is 3.37. The molecule has 1 aromatic carbocycles. The van der Waals surface area contributed by atoms with Crippen LogP contribution in [0.2, 0.25) is 0 Å². The molecule has 1 fully saturated rings. The van der Waals surface area contributed by atoms with Gasteiger partial charge in [0.15, 0.2) is 11.5 Å². The van der Waals surface area contributed by atoms with Crippen molar-refractivity contribution < 1.29 is 14.3 Å². The van der Waals surface area contributed by atoms with Gasteiger partial charge in [-0.2, -0.15) is 0 Å². The average molecular weight is 320 g/mol. The van der Waals surface area contributed by atoms with Gasteiger partial charge in [0, 0.05) is 12.1 Å². The topological polar surface area (TPSA) is 73.6 Å². The predicted molar refractivity (Wildman–Crippen MR) is 91.0 cm³/mol. The zero-order valence-electron chi connectivity index (χ0n) is 14.5. The van der Waals surface area contributed by atoms with Gasteiger partial charge in [0.2, 0.25) is 0 Å². The van der Waals surface area contributed by atoms with E-state index in [4.69, 9.17) is 15.2 Å². The molecular weight excluding hydrogens is 292 g/mol. The van der Waals surface area contributed by atoms with Gasteiger partial charge in [0.25, 0.3) is 5.91 Å². The summed E-state index contributed by atoms with van der Waals surface area (Å²) in [7, 11) is 1.58. The predicted octanol–water partition coefficient (Wildman–Crippen LogP) is 2.59. The lowest BCUT2D eigenvalue weighted by Gasteiger charge is -2.29. The van der Waals surface area contributed by atoms with E-state index in [1.165, 1.54) is 0 Å². The smallest absolute Gasteiger partial charge is 0.251 e. The molecule has 0 aromatic heterocycles. The van der Waals surface area contributed by atoms with Gasteiger partial charge >= 0.3 is 0 Å². The second-order valence-corrected chi connectivity index (χ2v) is 6.92. The molecule has 0 bridgehead atoms. The van der Waals surface area contributed by atoms with E-state index >= 15 is 0 Å². The summed E-state index contributed by atoms with van der Waals surface area (Å²) in [5.41, 5.74) is 6.08. The molecule has 1 amide bonds. The Morgan fingerprint density at radius 2 is 2.09 bits per heavy atom. The van der Waals surface area contributed by atoms with Crippen molar-refractivity contribution in [2.24, 2.45) is 17.6 Å². The highest BCUT2D eigenvalue weighted by molar-refractivity contribution is 5.95. The second kappa shape index (κ2) is 7.21. The van der Waals surface area contributed by atoms with E-state index in [-0.39, 0.29) is 11.4 Å². The summed E-state index contributed by atoms with van der Waals surface area (Å²) < 4.78 is 11.1. The molecule has 5 heteroatoms. The quantitative estimate of drug-likeness (QED) is 0.772. The normalized spacial score (nSPS) is 16.8. The minimum atomic E-state index is -0.336. The fourth-order valence-corrected chi connectivity index (χ4v) is 2.56. The second-order valence-electron chi connectivity index (χ2n) is 6.92. The lowest BCUT2D eigenvalue weighted by atomic mass is 9.95. The van der Waals surface area contributed by atoms with Gasteiger partial charge in [0.05, 0.1) is 19.3 Å². The molecule has 1 unspecified atom stereocenters. The van der Waals surface area contributed by atoms with Crippen molar-refractivity contribution in [1.29, 1.82) is 0 Å². The third-order valence-electron chi connectivity index (χ3n) is 4.30. The molecule has 0 radical (unpaired) electrons. The number of carbonyl (C=O) groups excluding carboxylic acids is 1. The van der Waals surface area contributed by atoms with E-state index < -0.39 is 0 Å². The van der Waals surface area contributed by atoms with Gasteiger partial charge in [-0.3, -0.25) is 4.79 Å². The van der Waals surface area contributed by atoms with Crippen molar-refractivity contribution >= 4 is 5.91 Å². The van der Waals surface area contributed by atoms with Crippen LogP contribution in [-0.4, -0.2) is 31.7 Å². The summed E-state index contributed by atoms with van der Waals surface area (Å²) in [5, 5.41) is 3.08. The standard InChI is InChI=1S/C18H28N2O3/c1-12(2)10-23-15-8-5-13(9-16(15)22-4)17(21)20-18(3,11-19)14-6-7-14/h5,8-9,12,14H,6-7,10-11,19H2,1-4H3,(H,20,21). The van der Waals surface area contributed by atoms with E-state index in [9.17, 15) is 4.79 Å². The fourth-order valence-electron chi connectivity index (χ4n) is 2.56. The maximum atomic E-state index is 12.5. The molecule has 5 nitrogen and oxygen atoms in total. The maximum absolute atomic E-state index is 12.5. The number of methoxy groups -OCH3 is 1. The highest BCUT2D eigenvalue weighted by Gasteiger charge is 2.41. The molecule has 0 heterocycles. The van der Waals surface area contributed by atoms with E-state index in [1.807, 2.05) is 6.92 Å². The van der Waals surface area contributed by atoms with Crippen molar-refractivity contribution in [3.63, 3.8) is 0 Å². The van der Waals surface area contributed by atoms with Crippen LogP contribution in [0, 0.1) is 11.8 Å². The van der Waals surface area contributed by atoms with Crippen LogP contribution in [0.15, 0.2) is 18.2 Å². The third kappa shape index (κ3) is 4.38. The number of nitrogens with one attached hydrogen (secondary N) is 1. The van der Waals surface area contributed by atoms with Crippen LogP contribution in [0.4, 0.5) is 0 Å². The summed E-state index contributed by atoms with van der Waals surface area (Å²) in [6.45, 7) is 7.23. The van der Waals surface area contributed by atoms with Crippen molar-refractivity contribution in [1.82, 2.24) is 5.32 Å². The van der Waals surface area contributed by atoms with Crippen molar-refractivity contribution in [3.8, 4) is 11.5 Å². The lowest BCUT2D eigenvalue weighted by Crippen LogP contribution is -2.53. The summed E-state index contributed by atoms with van der Waals surface area (Å²) >= 11 is 0. The molecule has 0 spiro atoms. The fraction of sp³-hybridized carbons (Fsp3) is 0.611. The number of hydrogen-bond donors (Lipinski definition) is 2. The first-order chi connectivity index (χ1) is 10.9. The van der Waals surface area contributed by atoms with Gasteiger partial charge in [-0.05, 0) is 49.8 Å². The van der Waals surface area contributed by atoms with Crippen LogP contribution in [0.1, 0.15) is 44.0 Å². The molecule has 1 aliphatic carbocycles. The van der Waals surface area contributed by atoms with Gasteiger partial charge in [-0.1, -0.05) is 13.8 Å². The molecule has 2 rings (SSSR count). The van der Waals surface area contributed by atoms with Crippen LogP contribution in [-0.2, 0) is 0 Å². The van der Waals surface area contributed by atoms with E-state index in [0.29, 0.717) is 42.0 Å². The Bertz CT molecular complexity index is 555. The molecule has 0 saturated heterocycles. The first kappa shape index (κ1) is 17.6. The Balaban J connectivity index is 2.11. The first-order valence-corrected chi connectivity index (χ1v) is 8.23. The molecule has 3 N–H and O–H groups in total. The van der Waals surface area contributed by atoms with Gasteiger partial charge in [-0.15, -0.1) is 0 Å².